The molecule has 0 unspecified atom stereocenters. The van der Waals surface area contributed by atoms with Crippen molar-refractivity contribution in [2.24, 2.45) is 10.4 Å². The number of hydrogen-bond donors (Lipinski definition) is 1. The number of allylic oxidation sites excluding steroid dienone is 1. The highest BCUT2D eigenvalue weighted by Crippen LogP contribution is 2.22. The lowest BCUT2D eigenvalue weighted by Crippen LogP contribution is -2.37. The summed E-state index contributed by atoms with van der Waals surface area (Å²) >= 11 is 0. The number of aromatic nitrogens is 2. The zero-order chi connectivity index (χ0) is 19.5. The van der Waals surface area contributed by atoms with Crippen LogP contribution in [0, 0.1) is 5.41 Å². The monoisotopic (exact) mass is 359 g/mol. The number of aliphatic imine (C=N–C) groups is 1. The summed E-state index contributed by atoms with van der Waals surface area (Å²) in [5.74, 6) is -0.0520. The van der Waals surface area contributed by atoms with Crippen LogP contribution in [-0.2, 0) is 17.9 Å². The molecule has 0 aliphatic carbocycles. The summed E-state index contributed by atoms with van der Waals surface area (Å²) in [6.07, 6.45) is 4.80. The van der Waals surface area contributed by atoms with Gasteiger partial charge in [0, 0.05) is 25.6 Å². The zero-order valence-corrected chi connectivity index (χ0v) is 16.6. The van der Waals surface area contributed by atoms with Crippen molar-refractivity contribution in [1.29, 1.82) is 0 Å². The Kier molecular flexibility index (Phi) is 6.13. The lowest BCUT2D eigenvalue weighted by Gasteiger charge is -2.19. The largest absolute Gasteiger partial charge is 0.354 e. The van der Waals surface area contributed by atoms with Gasteiger partial charge in [-0.15, -0.1) is 0 Å². The molecule has 142 valence electrons. The fourth-order valence-corrected chi connectivity index (χ4v) is 3.03. The van der Waals surface area contributed by atoms with Crippen molar-refractivity contribution in [2.45, 2.75) is 47.2 Å². The van der Waals surface area contributed by atoms with Crippen LogP contribution in [0.1, 0.15) is 56.1 Å². The van der Waals surface area contributed by atoms with Gasteiger partial charge >= 0.3 is 0 Å². The van der Waals surface area contributed by atoms with Crippen LogP contribution in [0.4, 0.5) is 0 Å². The van der Waals surface area contributed by atoms with Crippen molar-refractivity contribution in [1.82, 2.24) is 19.8 Å². The van der Waals surface area contributed by atoms with Gasteiger partial charge in [0.2, 0.25) is 0 Å². The van der Waals surface area contributed by atoms with Crippen molar-refractivity contribution in [2.75, 3.05) is 20.6 Å². The van der Waals surface area contributed by atoms with Gasteiger partial charge in [-0.2, -0.15) is 0 Å². The second kappa shape index (κ2) is 7.95. The fraction of sp³-hybridized carbons (Fsp3) is 0.579. The standard InChI is InChI=1S/C19H29N5O2/c1-7-9-14-21-15(13-12-23(6)10-8-11-24(13)14)17(25)22-16(18(26)20-5)19(2,3)4/h7,9H,8,10-12H2,1-6H3,(H,20,26)/b9-7+,22-16?. The molecule has 0 fully saturated rings. The Morgan fingerprint density at radius 2 is 1.96 bits per heavy atom. The molecule has 1 aromatic heterocycles. The van der Waals surface area contributed by atoms with Crippen LogP contribution in [0.2, 0.25) is 0 Å². The molecular formula is C19H29N5O2. The Labute approximate surface area is 155 Å². The van der Waals surface area contributed by atoms with Gasteiger partial charge in [-0.1, -0.05) is 26.8 Å². The first-order valence-corrected chi connectivity index (χ1v) is 8.95. The minimum Gasteiger partial charge on any atom is -0.354 e. The minimum absolute atomic E-state index is 0.210. The average molecular weight is 359 g/mol. The van der Waals surface area contributed by atoms with E-state index in [4.69, 9.17) is 0 Å². The molecule has 2 rings (SSSR count). The molecular weight excluding hydrogens is 330 g/mol. The second-order valence-corrected chi connectivity index (χ2v) is 7.60. The summed E-state index contributed by atoms with van der Waals surface area (Å²) in [6.45, 7) is 9.91. The number of carbonyl (C=O) groups excluding carboxylic acids is 2. The van der Waals surface area contributed by atoms with Gasteiger partial charge in [-0.05, 0) is 33.0 Å². The molecule has 2 amide bonds. The summed E-state index contributed by atoms with van der Waals surface area (Å²) in [6, 6.07) is 0. The van der Waals surface area contributed by atoms with Crippen LogP contribution in [-0.4, -0.2) is 52.6 Å². The Bertz CT molecular complexity index is 753. The van der Waals surface area contributed by atoms with E-state index in [1.54, 1.807) is 0 Å². The third-order valence-corrected chi connectivity index (χ3v) is 4.33. The first-order valence-electron chi connectivity index (χ1n) is 8.95. The van der Waals surface area contributed by atoms with E-state index in [1.165, 1.54) is 7.05 Å². The topological polar surface area (TPSA) is 79.6 Å². The molecule has 0 atom stereocenters. The van der Waals surface area contributed by atoms with Crippen molar-refractivity contribution in [3.63, 3.8) is 0 Å². The molecule has 2 heterocycles. The number of imidazole rings is 1. The molecule has 0 saturated carbocycles. The quantitative estimate of drug-likeness (QED) is 0.839. The summed E-state index contributed by atoms with van der Waals surface area (Å²) in [7, 11) is 3.57. The molecule has 1 aliphatic rings. The maximum absolute atomic E-state index is 12.9. The minimum atomic E-state index is -0.546. The van der Waals surface area contributed by atoms with E-state index in [-0.39, 0.29) is 11.6 Å². The lowest BCUT2D eigenvalue weighted by molar-refractivity contribution is -0.114. The number of rotatable bonds is 3. The van der Waals surface area contributed by atoms with Crippen LogP contribution in [0.15, 0.2) is 11.1 Å². The number of fused-ring (bicyclic) bond motifs is 1. The molecule has 0 radical (unpaired) electrons. The summed E-state index contributed by atoms with van der Waals surface area (Å²) in [4.78, 5) is 36.0. The van der Waals surface area contributed by atoms with Gasteiger partial charge < -0.3 is 14.8 Å². The van der Waals surface area contributed by atoms with Gasteiger partial charge in [-0.25, -0.2) is 9.98 Å². The smallest absolute Gasteiger partial charge is 0.297 e. The average Bonchev–Trinajstić information content (AvgIpc) is 2.76. The fourth-order valence-electron chi connectivity index (χ4n) is 3.03. The van der Waals surface area contributed by atoms with Crippen LogP contribution >= 0.6 is 0 Å². The molecule has 0 aromatic carbocycles. The van der Waals surface area contributed by atoms with Crippen molar-refractivity contribution in [3.8, 4) is 0 Å². The molecule has 0 saturated heterocycles. The van der Waals surface area contributed by atoms with Crippen molar-refractivity contribution < 1.29 is 9.59 Å². The Hall–Kier alpha value is -2.28. The highest BCUT2D eigenvalue weighted by atomic mass is 16.2. The van der Waals surface area contributed by atoms with Gasteiger partial charge in [-0.3, -0.25) is 9.59 Å². The van der Waals surface area contributed by atoms with Crippen LogP contribution in [0.25, 0.3) is 6.08 Å². The maximum Gasteiger partial charge on any atom is 0.297 e. The van der Waals surface area contributed by atoms with Crippen molar-refractivity contribution >= 4 is 23.6 Å². The summed E-state index contributed by atoms with van der Waals surface area (Å²) < 4.78 is 2.09. The third-order valence-electron chi connectivity index (χ3n) is 4.33. The van der Waals surface area contributed by atoms with Crippen molar-refractivity contribution in [3.05, 3.63) is 23.3 Å². The van der Waals surface area contributed by atoms with E-state index >= 15 is 0 Å². The molecule has 26 heavy (non-hydrogen) atoms. The van der Waals surface area contributed by atoms with Gasteiger partial charge in [0.15, 0.2) is 5.69 Å². The molecule has 0 spiro atoms. The lowest BCUT2D eigenvalue weighted by atomic mass is 9.89. The maximum atomic E-state index is 12.9. The number of nitrogens with zero attached hydrogens (tertiary/aromatic N) is 4. The number of nitrogens with one attached hydrogen (secondary N) is 1. The second-order valence-electron chi connectivity index (χ2n) is 7.60. The van der Waals surface area contributed by atoms with Gasteiger partial charge in [0.1, 0.15) is 11.5 Å². The molecule has 1 N–H and O–H groups in total. The number of amides is 2. The predicted molar refractivity (Wildman–Crippen MR) is 103 cm³/mol. The first-order chi connectivity index (χ1) is 12.2. The normalized spacial score (nSPS) is 16.5. The molecule has 7 heteroatoms. The Morgan fingerprint density at radius 3 is 2.54 bits per heavy atom. The highest BCUT2D eigenvalue weighted by Gasteiger charge is 2.29. The molecule has 1 aromatic rings. The molecule has 7 nitrogen and oxygen atoms in total. The third kappa shape index (κ3) is 4.27. The number of hydrogen-bond acceptors (Lipinski definition) is 4. The van der Waals surface area contributed by atoms with E-state index in [1.807, 2.05) is 46.9 Å². The Morgan fingerprint density at radius 1 is 1.27 bits per heavy atom. The van der Waals surface area contributed by atoms with Gasteiger partial charge in [0.25, 0.3) is 11.8 Å². The van der Waals surface area contributed by atoms with Crippen LogP contribution < -0.4 is 5.32 Å². The summed E-state index contributed by atoms with van der Waals surface area (Å²) in [5.41, 5.74) is 0.853. The number of carbonyl (C=O) groups is 2. The zero-order valence-electron chi connectivity index (χ0n) is 16.6. The predicted octanol–water partition coefficient (Wildman–Crippen LogP) is 2.12. The highest BCUT2D eigenvalue weighted by molar-refractivity contribution is 6.42. The SMILES string of the molecule is C/C=C/c1nc(C(=O)N=C(C(=O)NC)C(C)(C)C)c2n1CCCN(C)C2. The van der Waals surface area contributed by atoms with E-state index < -0.39 is 11.3 Å². The van der Waals surface area contributed by atoms with E-state index in [0.29, 0.717) is 12.2 Å². The van der Waals surface area contributed by atoms with Crippen LogP contribution in [0.5, 0.6) is 0 Å². The van der Waals surface area contributed by atoms with E-state index in [0.717, 1.165) is 31.0 Å². The van der Waals surface area contributed by atoms with E-state index in [9.17, 15) is 9.59 Å². The summed E-state index contributed by atoms with van der Waals surface area (Å²) in [5, 5.41) is 2.57. The molecule has 0 bridgehead atoms. The first kappa shape index (κ1) is 20.0. The molecule has 1 aliphatic heterocycles. The van der Waals surface area contributed by atoms with Gasteiger partial charge in [0.05, 0.1) is 5.69 Å². The van der Waals surface area contributed by atoms with Crippen LogP contribution in [0.3, 0.4) is 0 Å². The van der Waals surface area contributed by atoms with E-state index in [2.05, 4.69) is 24.8 Å². The Balaban J connectivity index is 2.55.